The Labute approximate surface area is 133 Å². The predicted octanol–water partition coefficient (Wildman–Crippen LogP) is 2.30. The summed E-state index contributed by atoms with van der Waals surface area (Å²) in [5.41, 5.74) is -4.70. The van der Waals surface area contributed by atoms with Crippen LogP contribution in [0.15, 0.2) is 35.5 Å². The molecule has 0 saturated carbocycles. The lowest BCUT2D eigenvalue weighted by atomic mass is 9.90. The zero-order chi connectivity index (χ0) is 17.4. The second-order valence-corrected chi connectivity index (χ2v) is 5.21. The highest BCUT2D eigenvalue weighted by Crippen LogP contribution is 2.40. The van der Waals surface area contributed by atoms with Crippen LogP contribution in [0, 0.1) is 11.3 Å². The lowest BCUT2D eigenvalue weighted by Crippen LogP contribution is -2.64. The van der Waals surface area contributed by atoms with Crippen molar-refractivity contribution in [3.05, 3.63) is 46.1 Å². The van der Waals surface area contributed by atoms with E-state index < -0.39 is 29.1 Å². The summed E-state index contributed by atoms with van der Waals surface area (Å²) in [6.07, 6.45) is -5.19. The topological polar surface area (TPSA) is 82.0 Å². The third-order valence-corrected chi connectivity index (χ3v) is 3.59. The van der Waals surface area contributed by atoms with Crippen LogP contribution in [0.3, 0.4) is 0 Å². The Bertz CT molecular complexity index is 750. The highest BCUT2D eigenvalue weighted by Gasteiger charge is 2.67. The Morgan fingerprint density at radius 1 is 1.35 bits per heavy atom. The monoisotopic (exact) mass is 343 g/mol. The van der Waals surface area contributed by atoms with Crippen molar-refractivity contribution in [2.45, 2.75) is 18.6 Å². The van der Waals surface area contributed by atoms with E-state index in [-0.39, 0.29) is 11.3 Å². The molecule has 9 heteroatoms. The summed E-state index contributed by atoms with van der Waals surface area (Å²) in [6.45, 7) is 1.15. The SMILES string of the molecule is CC1=C(C#N)[C@@](NC(=O)c2ccc(Cl)cc2)(C(F)(F)F)C(=O)N1. The fourth-order valence-corrected chi connectivity index (χ4v) is 2.32. The van der Waals surface area contributed by atoms with Gasteiger partial charge in [0, 0.05) is 16.3 Å². The molecule has 1 aromatic rings. The minimum atomic E-state index is -5.19. The standard InChI is InChI=1S/C14H9ClF3N3O2/c1-7-10(6-19)13(12(23)20-7,14(16,17)18)21-11(22)8-2-4-9(15)5-3-8/h2-5H,1H3,(H,20,23)(H,21,22)/t13-/m0/s1. The Morgan fingerprint density at radius 3 is 2.39 bits per heavy atom. The fourth-order valence-electron chi connectivity index (χ4n) is 2.19. The summed E-state index contributed by atoms with van der Waals surface area (Å²) in [4.78, 5) is 24.0. The number of halogens is 4. The van der Waals surface area contributed by atoms with Crippen LogP contribution in [0.25, 0.3) is 0 Å². The first kappa shape index (κ1) is 16.8. The molecule has 120 valence electrons. The van der Waals surface area contributed by atoms with E-state index in [9.17, 15) is 22.8 Å². The second-order valence-electron chi connectivity index (χ2n) is 4.77. The number of allylic oxidation sites excluding steroid dienone is 1. The van der Waals surface area contributed by atoms with Crippen LogP contribution in [0.5, 0.6) is 0 Å². The minimum absolute atomic E-state index is 0.132. The quantitative estimate of drug-likeness (QED) is 0.864. The average molecular weight is 344 g/mol. The molecule has 0 saturated heterocycles. The van der Waals surface area contributed by atoms with Gasteiger partial charge in [0.2, 0.25) is 0 Å². The van der Waals surface area contributed by atoms with Gasteiger partial charge in [0.05, 0.1) is 11.6 Å². The Kier molecular flexibility index (Phi) is 4.09. The smallest absolute Gasteiger partial charge is 0.326 e. The van der Waals surface area contributed by atoms with Gasteiger partial charge in [-0.25, -0.2) is 0 Å². The van der Waals surface area contributed by atoms with E-state index in [0.717, 1.165) is 6.92 Å². The third-order valence-electron chi connectivity index (χ3n) is 3.34. The fraction of sp³-hybridized carbons (Fsp3) is 0.214. The number of nitrogens with one attached hydrogen (secondary N) is 2. The van der Waals surface area contributed by atoms with Gasteiger partial charge in [-0.1, -0.05) is 11.6 Å². The van der Waals surface area contributed by atoms with Crippen LogP contribution >= 0.6 is 11.6 Å². The molecular weight excluding hydrogens is 335 g/mol. The van der Waals surface area contributed by atoms with Crippen LogP contribution in [0.2, 0.25) is 5.02 Å². The molecule has 2 amide bonds. The van der Waals surface area contributed by atoms with Crippen LogP contribution < -0.4 is 10.6 Å². The number of hydrogen-bond acceptors (Lipinski definition) is 3. The molecule has 1 atom stereocenters. The molecule has 0 radical (unpaired) electrons. The predicted molar refractivity (Wildman–Crippen MR) is 74.2 cm³/mol. The number of benzene rings is 1. The summed E-state index contributed by atoms with van der Waals surface area (Å²) < 4.78 is 40.6. The number of rotatable bonds is 2. The van der Waals surface area contributed by atoms with Gasteiger partial charge in [-0.2, -0.15) is 18.4 Å². The van der Waals surface area contributed by atoms with Crippen LogP contribution in [0.4, 0.5) is 13.2 Å². The normalized spacial score (nSPS) is 21.0. The number of amides is 2. The summed E-state index contributed by atoms with van der Waals surface area (Å²) in [5.74, 6) is -2.68. The van der Waals surface area contributed by atoms with Crippen molar-refractivity contribution in [3.63, 3.8) is 0 Å². The maximum absolute atomic E-state index is 13.5. The van der Waals surface area contributed by atoms with Crippen molar-refractivity contribution in [2.75, 3.05) is 0 Å². The van der Waals surface area contributed by atoms with E-state index >= 15 is 0 Å². The number of carbonyl (C=O) groups is 2. The molecule has 0 bridgehead atoms. The van der Waals surface area contributed by atoms with Crippen molar-refractivity contribution in [1.82, 2.24) is 10.6 Å². The van der Waals surface area contributed by atoms with Crippen molar-refractivity contribution >= 4 is 23.4 Å². The van der Waals surface area contributed by atoms with Crippen LogP contribution in [-0.2, 0) is 4.79 Å². The number of nitrogens with zero attached hydrogens (tertiary/aromatic N) is 1. The van der Waals surface area contributed by atoms with Gasteiger partial charge in [-0.15, -0.1) is 0 Å². The van der Waals surface area contributed by atoms with Gasteiger partial charge in [0.15, 0.2) is 0 Å². The van der Waals surface area contributed by atoms with E-state index in [2.05, 4.69) is 0 Å². The zero-order valence-electron chi connectivity index (χ0n) is 11.6. The second kappa shape index (κ2) is 5.59. The van der Waals surface area contributed by atoms with E-state index in [1.165, 1.54) is 30.3 Å². The van der Waals surface area contributed by atoms with Gasteiger partial charge >= 0.3 is 6.18 Å². The first-order chi connectivity index (χ1) is 10.6. The van der Waals surface area contributed by atoms with Gasteiger partial charge < -0.3 is 10.6 Å². The minimum Gasteiger partial charge on any atom is -0.326 e. The molecule has 23 heavy (non-hydrogen) atoms. The zero-order valence-corrected chi connectivity index (χ0v) is 12.3. The molecule has 2 N–H and O–H groups in total. The van der Waals surface area contributed by atoms with Gasteiger partial charge in [0.1, 0.15) is 0 Å². The molecule has 1 heterocycles. The molecule has 1 aliphatic rings. The molecule has 0 unspecified atom stereocenters. The molecular formula is C14H9ClF3N3O2. The van der Waals surface area contributed by atoms with E-state index in [1.54, 1.807) is 5.32 Å². The van der Waals surface area contributed by atoms with E-state index in [4.69, 9.17) is 16.9 Å². The molecule has 1 aromatic carbocycles. The molecule has 5 nitrogen and oxygen atoms in total. The summed E-state index contributed by atoms with van der Waals surface area (Å²) in [5, 5.41) is 12.9. The van der Waals surface area contributed by atoms with E-state index in [0.29, 0.717) is 5.02 Å². The van der Waals surface area contributed by atoms with E-state index in [1.807, 2.05) is 5.32 Å². The van der Waals surface area contributed by atoms with Crippen molar-refractivity contribution < 1.29 is 22.8 Å². The van der Waals surface area contributed by atoms with Crippen LogP contribution in [0.1, 0.15) is 17.3 Å². The molecule has 2 rings (SSSR count). The molecule has 0 aromatic heterocycles. The first-order valence-corrected chi connectivity index (χ1v) is 6.59. The van der Waals surface area contributed by atoms with Crippen molar-refractivity contribution in [3.8, 4) is 6.07 Å². The summed E-state index contributed by atoms with van der Waals surface area (Å²) in [7, 11) is 0. The Balaban J connectivity index is 2.50. The molecule has 0 fully saturated rings. The van der Waals surface area contributed by atoms with Crippen molar-refractivity contribution in [2.24, 2.45) is 0 Å². The maximum atomic E-state index is 13.5. The number of nitriles is 1. The summed E-state index contributed by atoms with van der Waals surface area (Å²) in [6, 6.07) is 6.39. The molecule has 0 aliphatic carbocycles. The molecule has 1 aliphatic heterocycles. The van der Waals surface area contributed by atoms with Gasteiger partial charge in [0.25, 0.3) is 17.4 Å². The average Bonchev–Trinajstić information content (AvgIpc) is 2.70. The maximum Gasteiger partial charge on any atom is 0.425 e. The highest BCUT2D eigenvalue weighted by atomic mass is 35.5. The summed E-state index contributed by atoms with van der Waals surface area (Å²) >= 11 is 5.65. The first-order valence-electron chi connectivity index (χ1n) is 6.21. The number of carbonyl (C=O) groups excluding carboxylic acids is 2. The van der Waals surface area contributed by atoms with Crippen LogP contribution in [-0.4, -0.2) is 23.5 Å². The largest absolute Gasteiger partial charge is 0.425 e. The Morgan fingerprint density at radius 2 is 1.91 bits per heavy atom. The van der Waals surface area contributed by atoms with Crippen molar-refractivity contribution in [1.29, 1.82) is 5.26 Å². The lowest BCUT2D eigenvalue weighted by Gasteiger charge is -2.30. The number of hydrogen-bond donors (Lipinski definition) is 2. The highest BCUT2D eigenvalue weighted by molar-refractivity contribution is 6.30. The van der Waals surface area contributed by atoms with Gasteiger partial charge in [-0.3, -0.25) is 9.59 Å². The Hall–Kier alpha value is -2.53. The third kappa shape index (κ3) is 2.64. The van der Waals surface area contributed by atoms with Gasteiger partial charge in [-0.05, 0) is 31.2 Å². The molecule has 0 spiro atoms. The number of alkyl halides is 3. The lowest BCUT2D eigenvalue weighted by molar-refractivity contribution is -0.184.